The highest BCUT2D eigenvalue weighted by molar-refractivity contribution is 7.08. The van der Waals surface area contributed by atoms with Crippen LogP contribution >= 0.6 is 11.3 Å². The van der Waals surface area contributed by atoms with E-state index in [-0.39, 0.29) is 11.8 Å². The summed E-state index contributed by atoms with van der Waals surface area (Å²) in [4.78, 5) is 12.1. The average Bonchev–Trinajstić information content (AvgIpc) is 2.81. The lowest BCUT2D eigenvalue weighted by Crippen LogP contribution is -2.35. The second-order valence-corrected chi connectivity index (χ2v) is 5.17. The summed E-state index contributed by atoms with van der Waals surface area (Å²) >= 11 is 1.60. The van der Waals surface area contributed by atoms with Gasteiger partial charge < -0.3 is 11.1 Å². The Morgan fingerprint density at radius 1 is 1.50 bits per heavy atom. The van der Waals surface area contributed by atoms with E-state index in [1.54, 1.807) is 11.3 Å². The topological polar surface area (TPSA) is 55.1 Å². The average molecular weight is 238 g/mol. The van der Waals surface area contributed by atoms with E-state index >= 15 is 0 Å². The normalized spacial score (nSPS) is 25.3. The number of thiophene rings is 1. The highest BCUT2D eigenvalue weighted by Gasteiger charge is 2.29. The number of nitrogens with two attached hydrogens (primary N) is 1. The predicted molar refractivity (Wildman–Crippen MR) is 67.5 cm³/mol. The summed E-state index contributed by atoms with van der Waals surface area (Å²) in [5.41, 5.74) is 6.64. The summed E-state index contributed by atoms with van der Waals surface area (Å²) in [6.07, 6.45) is 4.44. The molecule has 0 radical (unpaired) electrons. The number of carbonyl (C=O) groups is 1. The molecule has 1 amide bonds. The highest BCUT2D eigenvalue weighted by atomic mass is 32.1. The third-order valence-corrected chi connectivity index (χ3v) is 4.02. The zero-order chi connectivity index (χ0) is 11.4. The Labute approximate surface area is 100 Å². The lowest BCUT2D eigenvalue weighted by atomic mass is 9.79. The van der Waals surface area contributed by atoms with Crippen LogP contribution in [-0.2, 0) is 4.79 Å². The van der Waals surface area contributed by atoms with Gasteiger partial charge in [0.05, 0.1) is 5.69 Å². The highest BCUT2D eigenvalue weighted by Crippen LogP contribution is 2.30. The summed E-state index contributed by atoms with van der Waals surface area (Å²) in [6.45, 7) is 0.627. The Hall–Kier alpha value is -0.870. The van der Waals surface area contributed by atoms with Crippen molar-refractivity contribution in [3.63, 3.8) is 0 Å². The van der Waals surface area contributed by atoms with E-state index in [4.69, 9.17) is 5.73 Å². The summed E-state index contributed by atoms with van der Waals surface area (Å²) in [6, 6.07) is 1.93. The number of nitrogens with one attached hydrogen (secondary N) is 1. The smallest absolute Gasteiger partial charge is 0.227 e. The Balaban J connectivity index is 1.97. The van der Waals surface area contributed by atoms with Gasteiger partial charge in [-0.25, -0.2) is 0 Å². The molecule has 1 saturated carbocycles. The zero-order valence-corrected chi connectivity index (χ0v) is 10.1. The van der Waals surface area contributed by atoms with E-state index in [2.05, 4.69) is 5.32 Å². The van der Waals surface area contributed by atoms with Gasteiger partial charge in [0.15, 0.2) is 0 Å². The molecule has 0 bridgehead atoms. The van der Waals surface area contributed by atoms with Crippen LogP contribution < -0.4 is 11.1 Å². The molecule has 4 heteroatoms. The van der Waals surface area contributed by atoms with Gasteiger partial charge in [0.25, 0.3) is 0 Å². The first-order valence-corrected chi connectivity index (χ1v) is 6.78. The van der Waals surface area contributed by atoms with E-state index in [1.165, 1.54) is 6.42 Å². The maximum absolute atomic E-state index is 12.1. The Morgan fingerprint density at radius 2 is 2.31 bits per heavy atom. The minimum atomic E-state index is 0.110. The van der Waals surface area contributed by atoms with E-state index in [0.29, 0.717) is 12.5 Å². The van der Waals surface area contributed by atoms with E-state index in [0.717, 1.165) is 24.9 Å². The molecule has 1 aliphatic carbocycles. The summed E-state index contributed by atoms with van der Waals surface area (Å²) < 4.78 is 0. The monoisotopic (exact) mass is 238 g/mol. The molecule has 88 valence electrons. The maximum atomic E-state index is 12.1. The Bertz CT molecular complexity index is 337. The number of hydrogen-bond donors (Lipinski definition) is 2. The minimum absolute atomic E-state index is 0.110. The lowest BCUT2D eigenvalue weighted by molar-refractivity contribution is -0.122. The van der Waals surface area contributed by atoms with Crippen molar-refractivity contribution < 1.29 is 4.79 Å². The van der Waals surface area contributed by atoms with Crippen LogP contribution in [0.3, 0.4) is 0 Å². The zero-order valence-electron chi connectivity index (χ0n) is 9.32. The first kappa shape index (κ1) is 11.6. The second kappa shape index (κ2) is 5.46. The molecule has 2 unspecified atom stereocenters. The molecule has 2 atom stereocenters. The van der Waals surface area contributed by atoms with Crippen LogP contribution in [0.1, 0.15) is 25.7 Å². The Morgan fingerprint density at radius 3 is 3.00 bits per heavy atom. The SMILES string of the molecule is NCC1CCCCC1C(=O)Nc1ccsc1. The van der Waals surface area contributed by atoms with Gasteiger partial charge in [-0.15, -0.1) is 0 Å². The molecule has 16 heavy (non-hydrogen) atoms. The van der Waals surface area contributed by atoms with Crippen LogP contribution in [0.2, 0.25) is 0 Å². The fraction of sp³-hybridized carbons (Fsp3) is 0.583. The number of carbonyl (C=O) groups excluding carboxylic acids is 1. The van der Waals surface area contributed by atoms with Crippen LogP contribution in [0, 0.1) is 11.8 Å². The number of hydrogen-bond acceptors (Lipinski definition) is 3. The van der Waals surface area contributed by atoms with Crippen molar-refractivity contribution in [3.8, 4) is 0 Å². The van der Waals surface area contributed by atoms with Gasteiger partial charge >= 0.3 is 0 Å². The van der Waals surface area contributed by atoms with Gasteiger partial charge in [0, 0.05) is 11.3 Å². The number of rotatable bonds is 3. The van der Waals surface area contributed by atoms with Gasteiger partial charge in [-0.2, -0.15) is 11.3 Å². The molecule has 1 fully saturated rings. The van der Waals surface area contributed by atoms with Crippen molar-refractivity contribution in [1.29, 1.82) is 0 Å². The molecule has 1 aromatic rings. The molecule has 2 rings (SSSR count). The predicted octanol–water partition coefficient (Wildman–Crippen LogP) is 2.45. The third kappa shape index (κ3) is 2.62. The molecule has 3 nitrogen and oxygen atoms in total. The second-order valence-electron chi connectivity index (χ2n) is 4.39. The van der Waals surface area contributed by atoms with Crippen molar-refractivity contribution in [1.82, 2.24) is 0 Å². The first-order valence-electron chi connectivity index (χ1n) is 5.84. The van der Waals surface area contributed by atoms with Crippen LogP contribution in [0.25, 0.3) is 0 Å². The quantitative estimate of drug-likeness (QED) is 0.850. The summed E-state index contributed by atoms with van der Waals surface area (Å²) in [7, 11) is 0. The van der Waals surface area contributed by atoms with Crippen molar-refractivity contribution in [2.24, 2.45) is 17.6 Å². The fourth-order valence-electron chi connectivity index (χ4n) is 2.41. The minimum Gasteiger partial charge on any atom is -0.330 e. The van der Waals surface area contributed by atoms with Crippen molar-refractivity contribution >= 4 is 22.9 Å². The van der Waals surface area contributed by atoms with Gasteiger partial charge in [0.1, 0.15) is 0 Å². The van der Waals surface area contributed by atoms with Gasteiger partial charge in [-0.3, -0.25) is 4.79 Å². The van der Waals surface area contributed by atoms with Crippen LogP contribution in [0.15, 0.2) is 16.8 Å². The van der Waals surface area contributed by atoms with Gasteiger partial charge in [-0.1, -0.05) is 12.8 Å². The van der Waals surface area contributed by atoms with Crippen LogP contribution in [-0.4, -0.2) is 12.5 Å². The molecule has 1 aliphatic rings. The molecule has 1 heterocycles. The van der Waals surface area contributed by atoms with Crippen molar-refractivity contribution in [2.45, 2.75) is 25.7 Å². The van der Waals surface area contributed by atoms with Gasteiger partial charge in [-0.05, 0) is 36.8 Å². The number of anilines is 1. The van der Waals surface area contributed by atoms with Gasteiger partial charge in [0.2, 0.25) is 5.91 Å². The van der Waals surface area contributed by atoms with Crippen LogP contribution in [0.4, 0.5) is 5.69 Å². The largest absolute Gasteiger partial charge is 0.330 e. The van der Waals surface area contributed by atoms with Crippen molar-refractivity contribution in [3.05, 3.63) is 16.8 Å². The van der Waals surface area contributed by atoms with E-state index in [1.807, 2.05) is 16.8 Å². The van der Waals surface area contributed by atoms with Crippen molar-refractivity contribution in [2.75, 3.05) is 11.9 Å². The summed E-state index contributed by atoms with van der Waals surface area (Å²) in [5.74, 6) is 0.625. The molecule has 0 saturated heterocycles. The molecule has 0 spiro atoms. The molecule has 1 aromatic heterocycles. The molecular formula is C12H18N2OS. The van der Waals surface area contributed by atoms with Crippen LogP contribution in [0.5, 0.6) is 0 Å². The fourth-order valence-corrected chi connectivity index (χ4v) is 2.99. The maximum Gasteiger partial charge on any atom is 0.227 e. The molecule has 0 aromatic carbocycles. The van der Waals surface area contributed by atoms with E-state index < -0.39 is 0 Å². The Kier molecular flexibility index (Phi) is 3.96. The lowest BCUT2D eigenvalue weighted by Gasteiger charge is -2.29. The van der Waals surface area contributed by atoms with E-state index in [9.17, 15) is 4.79 Å². The standard InChI is InChI=1S/C12H18N2OS/c13-7-9-3-1-2-4-11(9)12(15)14-10-5-6-16-8-10/h5-6,8-9,11H,1-4,7,13H2,(H,14,15). The first-order chi connectivity index (χ1) is 7.81. The summed E-state index contributed by atoms with van der Waals surface area (Å²) in [5, 5.41) is 6.90. The molecular weight excluding hydrogens is 220 g/mol. The number of amides is 1. The molecule has 3 N–H and O–H groups in total. The third-order valence-electron chi connectivity index (χ3n) is 3.34. The molecule has 0 aliphatic heterocycles.